The number of methoxy groups -OCH3 is 1. The summed E-state index contributed by atoms with van der Waals surface area (Å²) < 4.78 is 5.91. The Balaban J connectivity index is 1.98. The Hall–Kier alpha value is -1.16. The van der Waals surface area contributed by atoms with Crippen LogP contribution in [0.5, 0.6) is 0 Å². The Morgan fingerprint density at radius 2 is 1.81 bits per heavy atom. The van der Waals surface area contributed by atoms with Crippen molar-refractivity contribution >= 4 is 5.82 Å². The number of ether oxygens (including phenoxy) is 1. The van der Waals surface area contributed by atoms with Gasteiger partial charge in [-0.25, -0.2) is 9.97 Å². The fourth-order valence-electron chi connectivity index (χ4n) is 3.75. The van der Waals surface area contributed by atoms with E-state index in [1.165, 1.54) is 43.4 Å². The Morgan fingerprint density at radius 3 is 2.52 bits per heavy atom. The molecule has 1 aromatic heterocycles. The van der Waals surface area contributed by atoms with Crippen LogP contribution in [0.15, 0.2) is 0 Å². The average molecular weight is 289 g/mol. The summed E-state index contributed by atoms with van der Waals surface area (Å²) in [6.45, 7) is 2.31. The van der Waals surface area contributed by atoms with Gasteiger partial charge < -0.3 is 10.5 Å². The van der Waals surface area contributed by atoms with Crippen molar-refractivity contribution < 1.29 is 4.74 Å². The molecule has 0 radical (unpaired) electrons. The molecule has 0 atom stereocenters. The molecule has 21 heavy (non-hydrogen) atoms. The summed E-state index contributed by atoms with van der Waals surface area (Å²) in [7, 11) is 1.79. The molecule has 1 fully saturated rings. The highest BCUT2D eigenvalue weighted by Gasteiger charge is 2.39. The lowest BCUT2D eigenvalue weighted by atomic mass is 9.78. The van der Waals surface area contributed by atoms with Crippen molar-refractivity contribution in [1.82, 2.24) is 9.97 Å². The Kier molecular flexibility index (Phi) is 4.16. The highest BCUT2D eigenvalue weighted by atomic mass is 16.5. The highest BCUT2D eigenvalue weighted by molar-refractivity contribution is 5.43. The van der Waals surface area contributed by atoms with E-state index in [-0.39, 0.29) is 5.60 Å². The van der Waals surface area contributed by atoms with Gasteiger partial charge in [-0.3, -0.25) is 0 Å². The van der Waals surface area contributed by atoms with Gasteiger partial charge in [0.15, 0.2) is 5.82 Å². The summed E-state index contributed by atoms with van der Waals surface area (Å²) in [4.78, 5) is 9.57. The van der Waals surface area contributed by atoms with E-state index in [4.69, 9.17) is 15.5 Å². The molecule has 1 heterocycles. The molecule has 0 unspecified atom stereocenters. The third-order valence-corrected chi connectivity index (χ3v) is 5.35. The lowest BCUT2D eigenvalue weighted by Gasteiger charge is -2.37. The molecule has 0 saturated heterocycles. The Bertz CT molecular complexity index is 507. The van der Waals surface area contributed by atoms with Crippen LogP contribution in [0.1, 0.15) is 69.0 Å². The molecule has 116 valence electrons. The second-order valence-corrected chi connectivity index (χ2v) is 6.80. The quantitative estimate of drug-likeness (QED) is 0.848. The molecule has 2 aliphatic carbocycles. The molecule has 1 aromatic rings. The number of nitrogens with zero attached hydrogens (tertiary/aromatic N) is 2. The third kappa shape index (κ3) is 2.78. The first kappa shape index (κ1) is 14.8. The lowest BCUT2D eigenvalue weighted by molar-refractivity contribution is -0.0598. The van der Waals surface area contributed by atoms with E-state index in [1.807, 2.05) is 0 Å². The molecule has 1 saturated carbocycles. The number of nitrogens with two attached hydrogens (primary N) is 1. The van der Waals surface area contributed by atoms with E-state index >= 15 is 0 Å². The Labute approximate surface area is 127 Å². The van der Waals surface area contributed by atoms with Crippen LogP contribution in [-0.2, 0) is 23.2 Å². The van der Waals surface area contributed by atoms with Crippen molar-refractivity contribution in [2.45, 2.75) is 70.3 Å². The maximum Gasteiger partial charge on any atom is 0.162 e. The number of rotatable bonds is 2. The molecular formula is C17H27N3O. The van der Waals surface area contributed by atoms with E-state index in [9.17, 15) is 0 Å². The standard InChI is InChI=1S/C17H27N3O/c1-12-8-10-17(21-2,11-9-12)16-19-14-7-5-3-4-6-13(14)15(18)20-16/h12H,3-11H2,1-2H3,(H2,18,19,20). The van der Waals surface area contributed by atoms with Crippen LogP contribution < -0.4 is 5.73 Å². The van der Waals surface area contributed by atoms with Gasteiger partial charge in [-0.2, -0.15) is 0 Å². The largest absolute Gasteiger partial charge is 0.383 e. The molecule has 0 aromatic carbocycles. The van der Waals surface area contributed by atoms with Crippen LogP contribution in [0.25, 0.3) is 0 Å². The SMILES string of the molecule is COC1(c2nc(N)c3c(n2)CCCCC3)CCC(C)CC1. The minimum Gasteiger partial charge on any atom is -0.383 e. The maximum absolute atomic E-state index is 6.25. The first-order chi connectivity index (χ1) is 10.1. The Morgan fingerprint density at radius 1 is 1.10 bits per heavy atom. The first-order valence-electron chi connectivity index (χ1n) is 8.35. The zero-order chi connectivity index (χ0) is 14.9. The second kappa shape index (κ2) is 5.91. The smallest absolute Gasteiger partial charge is 0.162 e. The number of hydrogen-bond acceptors (Lipinski definition) is 4. The van der Waals surface area contributed by atoms with Gasteiger partial charge in [0.25, 0.3) is 0 Å². The summed E-state index contributed by atoms with van der Waals surface area (Å²) >= 11 is 0. The van der Waals surface area contributed by atoms with Crippen molar-refractivity contribution in [3.8, 4) is 0 Å². The van der Waals surface area contributed by atoms with Crippen LogP contribution in [0.3, 0.4) is 0 Å². The molecule has 2 aliphatic rings. The van der Waals surface area contributed by atoms with E-state index in [1.54, 1.807) is 7.11 Å². The zero-order valence-corrected chi connectivity index (χ0v) is 13.3. The third-order valence-electron chi connectivity index (χ3n) is 5.35. The van der Waals surface area contributed by atoms with Crippen LogP contribution in [0.2, 0.25) is 0 Å². The van der Waals surface area contributed by atoms with Crippen molar-refractivity contribution in [3.05, 3.63) is 17.1 Å². The summed E-state index contributed by atoms with van der Waals surface area (Å²) in [5.74, 6) is 2.29. The zero-order valence-electron chi connectivity index (χ0n) is 13.3. The van der Waals surface area contributed by atoms with Crippen LogP contribution in [0, 0.1) is 5.92 Å². The van der Waals surface area contributed by atoms with Crippen LogP contribution in [0.4, 0.5) is 5.82 Å². The van der Waals surface area contributed by atoms with Gasteiger partial charge in [0.1, 0.15) is 11.4 Å². The number of anilines is 1. The summed E-state index contributed by atoms with van der Waals surface area (Å²) in [6, 6.07) is 0. The number of fused-ring (bicyclic) bond motifs is 1. The summed E-state index contributed by atoms with van der Waals surface area (Å²) in [6.07, 6.45) is 10.1. The van der Waals surface area contributed by atoms with E-state index < -0.39 is 0 Å². The fourth-order valence-corrected chi connectivity index (χ4v) is 3.75. The van der Waals surface area contributed by atoms with E-state index in [0.29, 0.717) is 5.82 Å². The number of aryl methyl sites for hydroxylation is 1. The van der Waals surface area contributed by atoms with Gasteiger partial charge in [0.05, 0.1) is 0 Å². The van der Waals surface area contributed by atoms with E-state index in [2.05, 4.69) is 11.9 Å². The van der Waals surface area contributed by atoms with Gasteiger partial charge in [0, 0.05) is 18.4 Å². The van der Waals surface area contributed by atoms with Crippen molar-refractivity contribution in [2.24, 2.45) is 5.92 Å². The molecule has 3 rings (SSSR count). The topological polar surface area (TPSA) is 61.0 Å². The molecular weight excluding hydrogens is 262 g/mol. The van der Waals surface area contributed by atoms with Gasteiger partial charge in [-0.05, 0) is 57.3 Å². The molecule has 4 nitrogen and oxygen atoms in total. The normalized spacial score (nSPS) is 29.7. The number of nitrogen functional groups attached to an aromatic ring is 1. The second-order valence-electron chi connectivity index (χ2n) is 6.80. The van der Waals surface area contributed by atoms with Gasteiger partial charge in [0.2, 0.25) is 0 Å². The minimum atomic E-state index is -0.317. The molecule has 0 aliphatic heterocycles. The number of hydrogen-bond donors (Lipinski definition) is 1. The molecule has 2 N–H and O–H groups in total. The van der Waals surface area contributed by atoms with Crippen LogP contribution >= 0.6 is 0 Å². The van der Waals surface area contributed by atoms with Crippen LogP contribution in [-0.4, -0.2) is 17.1 Å². The van der Waals surface area contributed by atoms with Gasteiger partial charge >= 0.3 is 0 Å². The predicted octanol–water partition coefficient (Wildman–Crippen LogP) is 3.38. The minimum absolute atomic E-state index is 0.317. The van der Waals surface area contributed by atoms with Gasteiger partial charge in [-0.15, -0.1) is 0 Å². The van der Waals surface area contributed by atoms with E-state index in [0.717, 1.165) is 37.4 Å². The molecule has 0 spiro atoms. The van der Waals surface area contributed by atoms with Crippen molar-refractivity contribution in [2.75, 3.05) is 12.8 Å². The van der Waals surface area contributed by atoms with Crippen molar-refractivity contribution in [3.63, 3.8) is 0 Å². The average Bonchev–Trinajstić information content (AvgIpc) is 2.74. The molecule has 0 bridgehead atoms. The molecule has 0 amide bonds. The summed E-state index contributed by atoms with van der Waals surface area (Å²) in [5.41, 5.74) is 8.29. The number of aromatic nitrogens is 2. The van der Waals surface area contributed by atoms with Gasteiger partial charge in [-0.1, -0.05) is 13.3 Å². The monoisotopic (exact) mass is 289 g/mol. The summed E-state index contributed by atoms with van der Waals surface area (Å²) in [5, 5.41) is 0. The van der Waals surface area contributed by atoms with Crippen molar-refractivity contribution in [1.29, 1.82) is 0 Å². The first-order valence-corrected chi connectivity index (χ1v) is 8.35. The molecule has 4 heteroatoms. The maximum atomic E-state index is 6.25. The predicted molar refractivity (Wildman–Crippen MR) is 84.0 cm³/mol. The highest BCUT2D eigenvalue weighted by Crippen LogP contribution is 2.41. The lowest BCUT2D eigenvalue weighted by Crippen LogP contribution is -2.36. The fraction of sp³-hybridized carbons (Fsp3) is 0.765.